The number of piperidine rings is 1. The van der Waals surface area contributed by atoms with Gasteiger partial charge in [-0.25, -0.2) is 0 Å². The lowest BCUT2D eigenvalue weighted by Crippen LogP contribution is -2.40. The summed E-state index contributed by atoms with van der Waals surface area (Å²) < 4.78 is 10.1. The quantitative estimate of drug-likeness (QED) is 0.783. The van der Waals surface area contributed by atoms with E-state index in [4.69, 9.17) is 9.47 Å². The summed E-state index contributed by atoms with van der Waals surface area (Å²) in [7, 11) is 1.65. The fourth-order valence-electron chi connectivity index (χ4n) is 2.67. The molecule has 1 aromatic rings. The van der Waals surface area contributed by atoms with E-state index in [9.17, 15) is 9.59 Å². The zero-order valence-corrected chi connectivity index (χ0v) is 13.2. The van der Waals surface area contributed by atoms with Crippen LogP contribution in [0.5, 0.6) is 0 Å². The molecule has 0 aliphatic carbocycles. The third kappa shape index (κ3) is 4.07. The molecule has 0 saturated carbocycles. The molecule has 5 nitrogen and oxygen atoms in total. The van der Waals surface area contributed by atoms with Gasteiger partial charge in [0.2, 0.25) is 0 Å². The molecule has 1 saturated heterocycles. The van der Waals surface area contributed by atoms with Crippen LogP contribution in [-0.4, -0.2) is 43.6 Å². The number of carbonyl (C=O) groups is 2. The predicted molar refractivity (Wildman–Crippen MR) is 82.4 cm³/mol. The van der Waals surface area contributed by atoms with Gasteiger partial charge in [-0.15, -0.1) is 0 Å². The standard InChI is InChI=1S/C17H23NO4/c1-3-22-17(20)15-8-10-18(11-9-15)16(19)14-6-4-13(5-7-14)12-21-2/h4-7,15H,3,8-12H2,1-2H3. The molecule has 1 heterocycles. The molecule has 0 aromatic heterocycles. The lowest BCUT2D eigenvalue weighted by molar-refractivity contribution is -0.149. The van der Waals surface area contributed by atoms with E-state index < -0.39 is 0 Å². The molecule has 1 aliphatic heterocycles. The number of ether oxygens (including phenoxy) is 2. The monoisotopic (exact) mass is 305 g/mol. The highest BCUT2D eigenvalue weighted by Gasteiger charge is 2.28. The van der Waals surface area contributed by atoms with Gasteiger partial charge < -0.3 is 14.4 Å². The Hall–Kier alpha value is -1.88. The van der Waals surface area contributed by atoms with Crippen LogP contribution in [0, 0.1) is 5.92 Å². The van der Waals surface area contributed by atoms with Crippen molar-refractivity contribution in [2.24, 2.45) is 5.92 Å². The fourth-order valence-corrected chi connectivity index (χ4v) is 2.67. The maximum atomic E-state index is 12.4. The molecule has 2 rings (SSSR count). The largest absolute Gasteiger partial charge is 0.466 e. The molecular formula is C17H23NO4. The van der Waals surface area contributed by atoms with Gasteiger partial charge in [0.1, 0.15) is 0 Å². The van der Waals surface area contributed by atoms with Crippen LogP contribution in [-0.2, 0) is 20.9 Å². The first kappa shape index (κ1) is 16.5. The normalized spacial score (nSPS) is 15.6. The Morgan fingerprint density at radius 2 is 1.82 bits per heavy atom. The second kappa shape index (κ2) is 7.94. The Kier molecular flexibility index (Phi) is 5.95. The average molecular weight is 305 g/mol. The van der Waals surface area contributed by atoms with Crippen molar-refractivity contribution in [2.45, 2.75) is 26.4 Å². The Labute approximate surface area is 131 Å². The Bertz CT molecular complexity index is 504. The van der Waals surface area contributed by atoms with E-state index in [2.05, 4.69) is 0 Å². The topological polar surface area (TPSA) is 55.8 Å². The van der Waals surface area contributed by atoms with Crippen LogP contribution in [0.15, 0.2) is 24.3 Å². The Morgan fingerprint density at radius 3 is 2.36 bits per heavy atom. The molecule has 1 amide bonds. The summed E-state index contributed by atoms with van der Waals surface area (Å²) in [5.41, 5.74) is 1.72. The van der Waals surface area contributed by atoms with Crippen molar-refractivity contribution in [2.75, 3.05) is 26.8 Å². The van der Waals surface area contributed by atoms with Gasteiger partial charge in [0.15, 0.2) is 0 Å². The van der Waals surface area contributed by atoms with Crippen molar-refractivity contribution < 1.29 is 19.1 Å². The van der Waals surface area contributed by atoms with Gasteiger partial charge in [0, 0.05) is 25.8 Å². The maximum Gasteiger partial charge on any atom is 0.309 e. The van der Waals surface area contributed by atoms with Crippen LogP contribution >= 0.6 is 0 Å². The molecule has 0 spiro atoms. The molecule has 0 atom stereocenters. The minimum Gasteiger partial charge on any atom is -0.466 e. The summed E-state index contributed by atoms with van der Waals surface area (Å²) >= 11 is 0. The molecule has 0 radical (unpaired) electrons. The average Bonchev–Trinajstić information content (AvgIpc) is 2.55. The predicted octanol–water partition coefficient (Wildman–Crippen LogP) is 2.25. The summed E-state index contributed by atoms with van der Waals surface area (Å²) in [6, 6.07) is 7.46. The smallest absolute Gasteiger partial charge is 0.309 e. The van der Waals surface area contributed by atoms with E-state index in [-0.39, 0.29) is 17.8 Å². The Morgan fingerprint density at radius 1 is 1.18 bits per heavy atom. The molecule has 120 valence electrons. The first-order valence-corrected chi connectivity index (χ1v) is 7.69. The third-order valence-electron chi connectivity index (χ3n) is 3.91. The molecule has 1 aliphatic rings. The Balaban J connectivity index is 1.90. The van der Waals surface area contributed by atoms with Gasteiger partial charge in [0.05, 0.1) is 19.1 Å². The molecule has 1 aromatic carbocycles. The number of likely N-dealkylation sites (tertiary alicyclic amines) is 1. The zero-order valence-electron chi connectivity index (χ0n) is 13.2. The molecule has 0 N–H and O–H groups in total. The highest BCUT2D eigenvalue weighted by atomic mass is 16.5. The number of rotatable bonds is 5. The highest BCUT2D eigenvalue weighted by molar-refractivity contribution is 5.94. The number of hydrogen-bond donors (Lipinski definition) is 0. The second-order valence-electron chi connectivity index (χ2n) is 5.45. The first-order valence-electron chi connectivity index (χ1n) is 7.69. The van der Waals surface area contributed by atoms with Crippen molar-refractivity contribution in [1.29, 1.82) is 0 Å². The molecule has 0 bridgehead atoms. The van der Waals surface area contributed by atoms with Crippen LogP contribution in [0.25, 0.3) is 0 Å². The summed E-state index contributed by atoms with van der Waals surface area (Å²) in [6.07, 6.45) is 1.35. The van der Waals surface area contributed by atoms with E-state index >= 15 is 0 Å². The van der Waals surface area contributed by atoms with E-state index in [0.717, 1.165) is 5.56 Å². The van der Waals surface area contributed by atoms with E-state index in [1.807, 2.05) is 31.2 Å². The number of nitrogens with zero attached hydrogens (tertiary/aromatic N) is 1. The lowest BCUT2D eigenvalue weighted by Gasteiger charge is -2.31. The van der Waals surface area contributed by atoms with Gasteiger partial charge in [-0.2, -0.15) is 0 Å². The number of carbonyl (C=O) groups excluding carboxylic acids is 2. The van der Waals surface area contributed by atoms with Crippen LogP contribution in [0.2, 0.25) is 0 Å². The van der Waals surface area contributed by atoms with Gasteiger partial charge in [-0.05, 0) is 37.5 Å². The molecule has 22 heavy (non-hydrogen) atoms. The van der Waals surface area contributed by atoms with Crippen molar-refractivity contribution >= 4 is 11.9 Å². The lowest BCUT2D eigenvalue weighted by atomic mass is 9.96. The van der Waals surface area contributed by atoms with Gasteiger partial charge in [-0.3, -0.25) is 9.59 Å². The van der Waals surface area contributed by atoms with Gasteiger partial charge in [-0.1, -0.05) is 12.1 Å². The van der Waals surface area contributed by atoms with Crippen molar-refractivity contribution in [3.8, 4) is 0 Å². The molecule has 1 fully saturated rings. The molecular weight excluding hydrogens is 282 g/mol. The number of hydrogen-bond acceptors (Lipinski definition) is 4. The third-order valence-corrected chi connectivity index (χ3v) is 3.91. The number of amides is 1. The highest BCUT2D eigenvalue weighted by Crippen LogP contribution is 2.20. The van der Waals surface area contributed by atoms with Crippen LogP contribution in [0.1, 0.15) is 35.7 Å². The minimum absolute atomic E-state index is 0.0197. The fraction of sp³-hybridized carbons (Fsp3) is 0.529. The number of esters is 1. The molecule has 0 unspecified atom stereocenters. The molecule has 5 heteroatoms. The number of methoxy groups -OCH3 is 1. The van der Waals surface area contributed by atoms with E-state index in [1.54, 1.807) is 12.0 Å². The summed E-state index contributed by atoms with van der Waals surface area (Å²) in [4.78, 5) is 26.0. The second-order valence-corrected chi connectivity index (χ2v) is 5.45. The van der Waals surface area contributed by atoms with Gasteiger partial charge in [0.25, 0.3) is 5.91 Å². The summed E-state index contributed by atoms with van der Waals surface area (Å²) in [5.74, 6) is -0.196. The maximum absolute atomic E-state index is 12.4. The SMILES string of the molecule is CCOC(=O)C1CCN(C(=O)c2ccc(COC)cc2)CC1. The van der Waals surface area contributed by atoms with E-state index in [0.29, 0.717) is 44.7 Å². The van der Waals surface area contributed by atoms with Crippen molar-refractivity contribution in [3.63, 3.8) is 0 Å². The summed E-state index contributed by atoms with van der Waals surface area (Å²) in [5, 5.41) is 0. The van der Waals surface area contributed by atoms with E-state index in [1.165, 1.54) is 0 Å². The van der Waals surface area contributed by atoms with Crippen LogP contribution < -0.4 is 0 Å². The number of benzene rings is 1. The first-order chi connectivity index (χ1) is 10.7. The van der Waals surface area contributed by atoms with Crippen LogP contribution in [0.3, 0.4) is 0 Å². The zero-order chi connectivity index (χ0) is 15.9. The van der Waals surface area contributed by atoms with Gasteiger partial charge >= 0.3 is 5.97 Å². The minimum atomic E-state index is -0.140. The van der Waals surface area contributed by atoms with Crippen LogP contribution in [0.4, 0.5) is 0 Å². The van der Waals surface area contributed by atoms with Crippen molar-refractivity contribution in [3.05, 3.63) is 35.4 Å². The van der Waals surface area contributed by atoms with Crippen molar-refractivity contribution in [1.82, 2.24) is 4.90 Å². The summed E-state index contributed by atoms with van der Waals surface area (Å²) in [6.45, 7) is 3.96.